The van der Waals surface area contributed by atoms with Crippen LogP contribution in [0.25, 0.3) is 0 Å². The number of pyridine rings is 1. The first-order valence-corrected chi connectivity index (χ1v) is 18.2. The second kappa shape index (κ2) is 17.4. The van der Waals surface area contributed by atoms with Crippen molar-refractivity contribution >= 4 is 35.1 Å². The number of halogens is 2. The summed E-state index contributed by atoms with van der Waals surface area (Å²) in [7, 11) is 3.11. The summed E-state index contributed by atoms with van der Waals surface area (Å²) in [5, 5.41) is 4.32. The minimum atomic E-state index is -0.713. The molecule has 1 aromatic heterocycles. The maximum atomic E-state index is 13.5. The van der Waals surface area contributed by atoms with E-state index >= 15 is 0 Å². The Labute approximate surface area is 309 Å². The fourth-order valence-corrected chi connectivity index (χ4v) is 7.46. The number of esters is 2. The van der Waals surface area contributed by atoms with Crippen LogP contribution < -0.4 is 19.8 Å². The van der Waals surface area contributed by atoms with Gasteiger partial charge >= 0.3 is 11.9 Å². The summed E-state index contributed by atoms with van der Waals surface area (Å²) in [6.45, 7) is 3.64. The molecule has 9 nitrogen and oxygen atoms in total. The summed E-state index contributed by atoms with van der Waals surface area (Å²) in [6, 6.07) is 22.0. The van der Waals surface area contributed by atoms with Gasteiger partial charge in [-0.3, -0.25) is 4.90 Å². The Bertz CT molecular complexity index is 1760. The van der Waals surface area contributed by atoms with E-state index in [1.807, 2.05) is 48.5 Å². The molecule has 3 fully saturated rings. The Kier molecular flexibility index (Phi) is 12.5. The molecule has 3 saturated heterocycles. The van der Waals surface area contributed by atoms with Crippen LogP contribution in [0.4, 0.5) is 0 Å². The molecule has 0 aliphatic carbocycles. The van der Waals surface area contributed by atoms with E-state index in [1.54, 1.807) is 50.9 Å². The molecule has 3 aliphatic heterocycles. The number of hydrogen-bond acceptors (Lipinski definition) is 8. The van der Waals surface area contributed by atoms with Gasteiger partial charge in [0.25, 0.3) is 0 Å². The third kappa shape index (κ3) is 9.21. The van der Waals surface area contributed by atoms with Gasteiger partial charge in [-0.25, -0.2) is 14.6 Å². The van der Waals surface area contributed by atoms with Gasteiger partial charge in [-0.1, -0.05) is 71.7 Å². The van der Waals surface area contributed by atoms with Crippen LogP contribution in [0.15, 0.2) is 85.2 Å². The van der Waals surface area contributed by atoms with E-state index in [-0.39, 0.29) is 18.5 Å². The lowest BCUT2D eigenvalue weighted by Crippen LogP contribution is -2.52. The number of nitrogens with zero attached hydrogens (tertiary/aromatic N) is 1. The number of ether oxygens (including phenoxy) is 4. The summed E-state index contributed by atoms with van der Waals surface area (Å²) in [4.78, 5) is 32.2. The summed E-state index contributed by atoms with van der Waals surface area (Å²) < 4.78 is 23.1. The first-order valence-electron chi connectivity index (χ1n) is 17.4. The van der Waals surface area contributed by atoms with Crippen LogP contribution in [0, 0.1) is 5.92 Å². The van der Waals surface area contributed by atoms with Crippen LogP contribution in [0.5, 0.6) is 11.5 Å². The summed E-state index contributed by atoms with van der Waals surface area (Å²) in [5.74, 6) is 0.818. The lowest BCUT2D eigenvalue weighted by Gasteiger charge is -2.44. The van der Waals surface area contributed by atoms with Crippen molar-refractivity contribution in [2.75, 3.05) is 40.4 Å². The number of aromatic amines is 1. The molecule has 2 bridgehead atoms. The monoisotopic (exact) mass is 732 g/mol. The third-order valence-corrected chi connectivity index (χ3v) is 10.5. The predicted molar refractivity (Wildman–Crippen MR) is 195 cm³/mol. The molecule has 0 saturated carbocycles. The first-order chi connectivity index (χ1) is 24.8. The molecule has 11 heteroatoms. The topological polar surface area (TPSA) is 100 Å². The number of hydrogen-bond donors (Lipinski definition) is 1. The molecule has 0 amide bonds. The van der Waals surface area contributed by atoms with Crippen molar-refractivity contribution in [2.24, 2.45) is 5.92 Å². The molecule has 51 heavy (non-hydrogen) atoms. The zero-order chi connectivity index (χ0) is 35.7. The number of H-pyrrole nitrogens is 1. The highest BCUT2D eigenvalue weighted by Gasteiger charge is 2.38. The van der Waals surface area contributed by atoms with Crippen molar-refractivity contribution in [1.82, 2.24) is 10.2 Å². The van der Waals surface area contributed by atoms with Gasteiger partial charge in [-0.2, -0.15) is 0 Å². The Morgan fingerprint density at radius 2 is 1.61 bits per heavy atom. The number of rotatable bonds is 15. The molecule has 3 aromatic carbocycles. The number of carbonyl (C=O) groups is 2. The second-order valence-electron chi connectivity index (χ2n) is 13.1. The predicted octanol–water partition coefficient (Wildman–Crippen LogP) is 6.87. The van der Waals surface area contributed by atoms with E-state index in [0.717, 1.165) is 56.4 Å². The zero-order valence-corrected chi connectivity index (χ0v) is 30.4. The fraction of sp³-hybridized carbons (Fsp3) is 0.375. The van der Waals surface area contributed by atoms with Gasteiger partial charge < -0.3 is 24.3 Å². The average Bonchev–Trinajstić information content (AvgIpc) is 3.16. The van der Waals surface area contributed by atoms with Crippen molar-refractivity contribution in [2.45, 2.75) is 50.4 Å². The number of carbonyl (C=O) groups excluding carboxylic acids is 2. The summed E-state index contributed by atoms with van der Waals surface area (Å²) in [5.41, 5.74) is 3.73. The number of methoxy groups -OCH3 is 2. The highest BCUT2D eigenvalue weighted by molar-refractivity contribution is 6.35. The number of nitrogens with one attached hydrogen (secondary N) is 2. The van der Waals surface area contributed by atoms with Crippen LogP contribution in [0.2, 0.25) is 10.0 Å². The lowest BCUT2D eigenvalue weighted by molar-refractivity contribution is -0.377. The number of aromatic nitrogens is 1. The van der Waals surface area contributed by atoms with Crippen molar-refractivity contribution in [3.63, 3.8) is 0 Å². The van der Waals surface area contributed by atoms with Crippen molar-refractivity contribution in [3.05, 3.63) is 123 Å². The van der Waals surface area contributed by atoms with Gasteiger partial charge in [0, 0.05) is 18.5 Å². The number of aryl methyl sites for hydroxylation is 1. The smallest absolute Gasteiger partial charge is 0.338 e. The van der Waals surface area contributed by atoms with Gasteiger partial charge in [-0.05, 0) is 92.2 Å². The van der Waals surface area contributed by atoms with E-state index in [9.17, 15) is 9.59 Å². The van der Waals surface area contributed by atoms with Gasteiger partial charge in [0.2, 0.25) is 0 Å². The van der Waals surface area contributed by atoms with E-state index in [4.69, 9.17) is 42.1 Å². The largest absolute Gasteiger partial charge is 0.493 e. The lowest BCUT2D eigenvalue weighted by atomic mass is 9.86. The maximum absolute atomic E-state index is 13.5. The van der Waals surface area contributed by atoms with E-state index in [0.29, 0.717) is 50.7 Å². The van der Waals surface area contributed by atoms with Crippen LogP contribution in [0.3, 0.4) is 0 Å². The molecular weight excluding hydrogens is 689 g/mol. The van der Waals surface area contributed by atoms with Crippen molar-refractivity contribution < 1.29 is 33.5 Å². The van der Waals surface area contributed by atoms with Crippen molar-refractivity contribution in [3.8, 4) is 11.5 Å². The highest BCUT2D eigenvalue weighted by Crippen LogP contribution is 2.35. The number of piperidine rings is 3. The molecule has 3 aliphatic rings. The molecule has 7 rings (SSSR count). The number of fused-ring (bicyclic) bond motifs is 3. The summed E-state index contributed by atoms with van der Waals surface area (Å²) >= 11 is 13.0. The zero-order valence-electron chi connectivity index (χ0n) is 28.9. The Hall–Kier alpha value is -4.15. The third-order valence-electron chi connectivity index (χ3n) is 9.83. The van der Waals surface area contributed by atoms with E-state index in [1.165, 1.54) is 0 Å². The second-order valence-corrected chi connectivity index (χ2v) is 13.9. The minimum Gasteiger partial charge on any atom is -0.493 e. The Morgan fingerprint density at radius 3 is 2.25 bits per heavy atom. The molecule has 2 N–H and O–H groups in total. The summed E-state index contributed by atoms with van der Waals surface area (Å²) in [6.07, 6.45) is 6.49. The van der Waals surface area contributed by atoms with E-state index in [2.05, 4.69) is 15.2 Å². The van der Waals surface area contributed by atoms with Crippen LogP contribution in [-0.2, 0) is 27.1 Å². The fourth-order valence-electron chi connectivity index (χ4n) is 6.93. The average molecular weight is 734 g/mol. The van der Waals surface area contributed by atoms with Gasteiger partial charge in [0.05, 0.1) is 19.8 Å². The molecule has 268 valence electrons. The van der Waals surface area contributed by atoms with Gasteiger partial charge in [-0.15, -0.1) is 0 Å². The molecule has 0 spiro atoms. The quantitative estimate of drug-likeness (QED) is 0.105. The highest BCUT2D eigenvalue weighted by atomic mass is 35.5. The Morgan fingerprint density at radius 1 is 0.902 bits per heavy atom. The molecule has 1 unspecified atom stereocenters. The number of benzene rings is 3. The van der Waals surface area contributed by atoms with E-state index < -0.39 is 18.1 Å². The van der Waals surface area contributed by atoms with Crippen LogP contribution >= 0.6 is 23.2 Å². The van der Waals surface area contributed by atoms with Crippen LogP contribution in [-0.4, -0.2) is 63.3 Å². The SMILES string of the molecule is COc1ccc([C@H](Cc2c(Cl)c[nH+]cc2Cl)OC(=O)c2ccc(CCCNC(C(=O)O[C@H]3CN4CCC3CC4)c3ccccc3)cc2)cc1OC. The first kappa shape index (κ1) is 36.6. The molecule has 0 radical (unpaired) electrons. The normalized spacial score (nSPS) is 19.2. The van der Waals surface area contributed by atoms with Crippen molar-refractivity contribution in [1.29, 1.82) is 0 Å². The van der Waals surface area contributed by atoms with Crippen LogP contribution in [0.1, 0.15) is 64.0 Å². The molecule has 4 aromatic rings. The molecule has 3 atom stereocenters. The van der Waals surface area contributed by atoms with Gasteiger partial charge in [0.15, 0.2) is 23.9 Å². The standard InChI is InChI=1S/C40H43Cl2N3O6/c1-48-34-15-14-30(21-36(34)49-2)35(22-31-32(41)23-43-24-33(31)42)50-39(46)29-12-10-26(11-13-29)7-6-18-44-38(28-8-4-3-5-9-28)40(47)51-37-25-45-19-16-27(37)17-20-45/h3-5,8-15,21,23-24,27,35,37-38,44H,6-7,16-20,22,25H2,1-2H3/p+1/t35-,37-,38?/m0/s1. The molecular formula is C40H44Cl2N3O6+. The Balaban J connectivity index is 1.07. The minimum absolute atomic E-state index is 0.0416. The maximum Gasteiger partial charge on any atom is 0.338 e. The van der Waals surface area contributed by atoms with Gasteiger partial charge in [0.1, 0.15) is 28.3 Å². The molecule has 4 heterocycles.